The normalized spacial score (nSPS) is 10.6. The second-order valence-corrected chi connectivity index (χ2v) is 13.7. The van der Waals surface area contributed by atoms with E-state index in [0.717, 1.165) is 0 Å². The number of nitrogens with one attached hydrogen (secondary N) is 3. The Labute approximate surface area is 380 Å². The van der Waals surface area contributed by atoms with Crippen molar-refractivity contribution in [2.45, 2.75) is 108 Å². The van der Waals surface area contributed by atoms with Gasteiger partial charge in [0.1, 0.15) is 38.1 Å². The zero-order chi connectivity index (χ0) is 48.2. The van der Waals surface area contributed by atoms with E-state index in [4.69, 9.17) is 28.4 Å². The zero-order valence-corrected chi connectivity index (χ0v) is 38.4. The van der Waals surface area contributed by atoms with Crippen LogP contribution in [-0.2, 0) is 42.8 Å². The van der Waals surface area contributed by atoms with Crippen LogP contribution in [0.1, 0.15) is 89.5 Å². The van der Waals surface area contributed by atoms with E-state index in [9.17, 15) is 28.8 Å². The topological polar surface area (TPSA) is 194 Å². The quantitative estimate of drug-likeness (QED) is 0.0743. The third-order valence-corrected chi connectivity index (χ3v) is 6.38. The lowest BCUT2D eigenvalue weighted by Gasteiger charge is -2.14. The van der Waals surface area contributed by atoms with Crippen molar-refractivity contribution in [3.63, 3.8) is 0 Å². The maximum Gasteiger partial charge on any atom is 0.412 e. The standard InChI is InChI=1S/3C14H17NO4.2C3H8.CH4/c3*1-10(2)13(16)18-9-11(3)19-14(17)15-12-7-5-4-6-8-12;2*1-3-2;/h3*4-8,11H,1,9H2,2-3H3,(H,15,17);2*3H2,1-2H3;1H4. The van der Waals surface area contributed by atoms with Gasteiger partial charge in [0, 0.05) is 33.8 Å². The second kappa shape index (κ2) is 37.8. The first-order valence-corrected chi connectivity index (χ1v) is 20.4. The summed E-state index contributed by atoms with van der Waals surface area (Å²) in [6, 6.07) is 26.8. The van der Waals surface area contributed by atoms with Crippen molar-refractivity contribution in [2.75, 3.05) is 35.8 Å². The summed E-state index contributed by atoms with van der Waals surface area (Å²) in [6.07, 6.45) is -0.883. The van der Waals surface area contributed by atoms with E-state index in [-0.39, 0.29) is 27.2 Å². The molecule has 15 heteroatoms. The maximum atomic E-state index is 11.5. The number of para-hydroxylation sites is 3. The van der Waals surface area contributed by atoms with E-state index >= 15 is 0 Å². The molecule has 0 spiro atoms. The first-order chi connectivity index (χ1) is 29.8. The molecule has 0 aliphatic heterocycles. The van der Waals surface area contributed by atoms with Gasteiger partial charge in [0.05, 0.1) is 0 Å². The largest absolute Gasteiger partial charge is 0.458 e. The third kappa shape index (κ3) is 34.8. The summed E-state index contributed by atoms with van der Waals surface area (Å²) in [4.78, 5) is 68.0. The molecule has 0 heterocycles. The Hall–Kier alpha value is -6.90. The molecule has 64 heavy (non-hydrogen) atoms. The lowest BCUT2D eigenvalue weighted by Crippen LogP contribution is -2.25. The molecule has 0 radical (unpaired) electrons. The minimum absolute atomic E-state index is 0. The number of rotatable bonds is 15. The molecule has 15 nitrogen and oxygen atoms in total. The van der Waals surface area contributed by atoms with Gasteiger partial charge in [-0.25, -0.2) is 28.8 Å². The Balaban J connectivity index is -0.000000813. The van der Waals surface area contributed by atoms with Crippen LogP contribution < -0.4 is 16.0 Å². The number of hydrogen-bond acceptors (Lipinski definition) is 12. The molecule has 0 bridgehead atoms. The van der Waals surface area contributed by atoms with Crippen LogP contribution in [0.2, 0.25) is 0 Å². The number of benzene rings is 3. The van der Waals surface area contributed by atoms with Gasteiger partial charge >= 0.3 is 36.2 Å². The molecule has 3 N–H and O–H groups in total. The van der Waals surface area contributed by atoms with Crippen LogP contribution in [-0.4, -0.2) is 74.3 Å². The fraction of sp³-hybridized carbons (Fsp3) is 0.388. The smallest absolute Gasteiger partial charge is 0.412 e. The number of amides is 3. The summed E-state index contributed by atoms with van der Waals surface area (Å²) < 4.78 is 29.7. The van der Waals surface area contributed by atoms with Gasteiger partial charge in [-0.05, 0) is 77.9 Å². The average Bonchev–Trinajstić information content (AvgIpc) is 3.22. The lowest BCUT2D eigenvalue weighted by molar-refractivity contribution is -0.142. The van der Waals surface area contributed by atoms with E-state index in [0.29, 0.717) is 33.8 Å². The molecular formula is C49H71N3O12. The van der Waals surface area contributed by atoms with Crippen molar-refractivity contribution in [3.8, 4) is 0 Å². The Morgan fingerprint density at radius 2 is 0.625 bits per heavy atom. The molecule has 0 aromatic heterocycles. The van der Waals surface area contributed by atoms with E-state index in [2.05, 4.69) is 63.4 Å². The van der Waals surface area contributed by atoms with Gasteiger partial charge in [-0.2, -0.15) is 0 Å². The molecule has 3 amide bonds. The Kier molecular flexibility index (Phi) is 36.3. The molecule has 0 fully saturated rings. The molecular weight excluding hydrogens is 823 g/mol. The van der Waals surface area contributed by atoms with E-state index in [1.54, 1.807) is 114 Å². The Bertz CT molecular complexity index is 1610. The van der Waals surface area contributed by atoms with Crippen LogP contribution in [0.25, 0.3) is 0 Å². The highest BCUT2D eigenvalue weighted by atomic mass is 16.6. The van der Waals surface area contributed by atoms with Gasteiger partial charge in [-0.3, -0.25) is 16.0 Å². The van der Waals surface area contributed by atoms with Gasteiger partial charge in [-0.15, -0.1) is 0 Å². The number of carbonyl (C=O) groups excluding carboxylic acids is 6. The van der Waals surface area contributed by atoms with Crippen molar-refractivity contribution in [3.05, 3.63) is 127 Å². The van der Waals surface area contributed by atoms with Gasteiger partial charge in [0.25, 0.3) is 0 Å². The fourth-order valence-corrected chi connectivity index (χ4v) is 3.61. The van der Waals surface area contributed by atoms with Crippen molar-refractivity contribution < 1.29 is 57.2 Å². The molecule has 0 saturated heterocycles. The highest BCUT2D eigenvalue weighted by Crippen LogP contribution is 2.09. The van der Waals surface area contributed by atoms with Crippen molar-refractivity contribution in [1.29, 1.82) is 0 Å². The highest BCUT2D eigenvalue weighted by Gasteiger charge is 2.15. The summed E-state index contributed by atoms with van der Waals surface area (Å²) in [5, 5.41) is 7.69. The summed E-state index contributed by atoms with van der Waals surface area (Å²) in [6.45, 7) is 28.4. The highest BCUT2D eigenvalue weighted by molar-refractivity contribution is 5.88. The molecule has 3 rings (SSSR count). The first kappa shape index (κ1) is 61.4. The van der Waals surface area contributed by atoms with Gasteiger partial charge in [-0.1, -0.05) is 122 Å². The number of hydrogen-bond donors (Lipinski definition) is 3. The van der Waals surface area contributed by atoms with Gasteiger partial charge in [0.2, 0.25) is 0 Å². The average molecular weight is 894 g/mol. The number of anilines is 3. The second-order valence-electron chi connectivity index (χ2n) is 13.7. The van der Waals surface area contributed by atoms with Crippen molar-refractivity contribution in [2.24, 2.45) is 0 Å². The summed E-state index contributed by atoms with van der Waals surface area (Å²) in [5.41, 5.74) is 2.83. The minimum atomic E-state index is -0.593. The molecule has 0 saturated carbocycles. The first-order valence-electron chi connectivity index (χ1n) is 20.4. The Morgan fingerprint density at radius 3 is 0.797 bits per heavy atom. The van der Waals surface area contributed by atoms with Crippen molar-refractivity contribution in [1.82, 2.24) is 0 Å². The van der Waals surface area contributed by atoms with Crippen molar-refractivity contribution >= 4 is 53.2 Å². The molecule has 3 unspecified atom stereocenters. The molecule has 3 aromatic carbocycles. The van der Waals surface area contributed by atoms with Gasteiger partial charge in [0.15, 0.2) is 0 Å². The van der Waals surface area contributed by atoms with Crippen LogP contribution in [0.5, 0.6) is 0 Å². The number of ether oxygens (including phenoxy) is 6. The Morgan fingerprint density at radius 1 is 0.438 bits per heavy atom. The van der Waals surface area contributed by atoms with Crippen LogP contribution in [0, 0.1) is 0 Å². The van der Waals surface area contributed by atoms with Gasteiger partial charge < -0.3 is 28.4 Å². The summed E-state index contributed by atoms with van der Waals surface area (Å²) in [7, 11) is 0. The van der Waals surface area contributed by atoms with E-state index < -0.39 is 54.5 Å². The number of carbonyl (C=O) groups is 6. The summed E-state index contributed by atoms with van der Waals surface area (Å²) >= 11 is 0. The molecule has 0 aliphatic carbocycles. The van der Waals surface area contributed by atoms with Crippen LogP contribution in [0.4, 0.5) is 31.4 Å². The molecule has 3 aromatic rings. The fourth-order valence-electron chi connectivity index (χ4n) is 3.61. The van der Waals surface area contributed by atoms with Crippen LogP contribution in [0.15, 0.2) is 127 Å². The van der Waals surface area contributed by atoms with E-state index in [1.807, 2.05) is 18.2 Å². The summed E-state index contributed by atoms with van der Waals surface area (Å²) in [5.74, 6) is -1.50. The predicted molar refractivity (Wildman–Crippen MR) is 254 cm³/mol. The molecule has 3 atom stereocenters. The maximum absolute atomic E-state index is 11.5. The monoisotopic (exact) mass is 894 g/mol. The molecule has 0 aliphatic rings. The zero-order valence-electron chi connectivity index (χ0n) is 38.4. The minimum Gasteiger partial charge on any atom is -0.458 e. The molecule has 354 valence electrons. The van der Waals surface area contributed by atoms with E-state index in [1.165, 1.54) is 12.8 Å². The van der Waals surface area contributed by atoms with Crippen LogP contribution >= 0.6 is 0 Å². The SMILES string of the molecule is C.C=C(C)C(=O)OCC(C)OC(=O)Nc1ccccc1.C=C(C)C(=O)OCC(C)OC(=O)Nc1ccccc1.C=C(C)C(=O)OCC(C)OC(=O)Nc1ccccc1.CCC.CCC. The predicted octanol–water partition coefficient (Wildman–Crippen LogP) is 11.7. The lowest BCUT2D eigenvalue weighted by atomic mass is 10.3. The van der Waals surface area contributed by atoms with Crippen LogP contribution in [0.3, 0.4) is 0 Å². The number of esters is 3. The third-order valence-electron chi connectivity index (χ3n) is 6.38.